The number of para-hydroxylation sites is 1. The topological polar surface area (TPSA) is 61.6 Å². The number of fused-ring (bicyclic) bond motifs is 1. The van der Waals surface area contributed by atoms with Crippen LogP contribution in [0.1, 0.15) is 25.5 Å². The minimum absolute atomic E-state index is 0.440. The van der Waals surface area contributed by atoms with Crippen LogP contribution < -0.4 is 10.5 Å². The highest BCUT2D eigenvalue weighted by molar-refractivity contribution is 5.83. The van der Waals surface area contributed by atoms with Gasteiger partial charge < -0.3 is 15.2 Å². The van der Waals surface area contributed by atoms with Crippen LogP contribution in [0.5, 0.6) is 5.75 Å². The van der Waals surface area contributed by atoms with E-state index in [9.17, 15) is 4.79 Å². The molecule has 0 spiro atoms. The molecule has 0 saturated heterocycles. The van der Waals surface area contributed by atoms with Crippen LogP contribution in [0.4, 0.5) is 0 Å². The van der Waals surface area contributed by atoms with Gasteiger partial charge in [0.2, 0.25) is 0 Å². The van der Waals surface area contributed by atoms with Crippen molar-refractivity contribution in [3.8, 4) is 5.75 Å². The highest BCUT2D eigenvalue weighted by atomic mass is 16.6. The number of carbonyl (C=O) groups is 1. The summed E-state index contributed by atoms with van der Waals surface area (Å²) in [5.74, 6) is 0.273. The molecule has 0 bridgehead atoms. The zero-order valence-electron chi connectivity index (χ0n) is 15.0. The Morgan fingerprint density at radius 3 is 2.23 bits per heavy atom. The summed E-state index contributed by atoms with van der Waals surface area (Å²) in [5, 5.41) is 2.26. The molecule has 134 valence electrons. The molecule has 0 aliphatic heterocycles. The van der Waals surface area contributed by atoms with Crippen molar-refractivity contribution in [2.75, 3.05) is 0 Å². The van der Waals surface area contributed by atoms with Crippen molar-refractivity contribution in [1.82, 2.24) is 0 Å². The molecule has 3 atom stereocenters. The average Bonchev–Trinajstić information content (AvgIpc) is 2.66. The van der Waals surface area contributed by atoms with E-state index in [-0.39, 0.29) is 0 Å². The summed E-state index contributed by atoms with van der Waals surface area (Å²) in [6.45, 7) is 3.43. The molecule has 0 radical (unpaired) electrons. The van der Waals surface area contributed by atoms with Gasteiger partial charge in [0.1, 0.15) is 17.9 Å². The molecule has 0 fully saturated rings. The molecule has 0 amide bonds. The Morgan fingerprint density at radius 1 is 0.885 bits per heavy atom. The van der Waals surface area contributed by atoms with Gasteiger partial charge in [-0.3, -0.25) is 4.79 Å². The van der Waals surface area contributed by atoms with Gasteiger partial charge in [0.15, 0.2) is 6.10 Å². The second kappa shape index (κ2) is 8.02. The SMILES string of the molecule is C[C@H](N)C(=O)O[C@@H](C)[C@H](Oc1ccccc1)c1ccc2ccccc2c1. The molecule has 4 heteroatoms. The molecule has 0 aliphatic rings. The van der Waals surface area contributed by atoms with Gasteiger partial charge in [-0.05, 0) is 48.4 Å². The molecule has 3 aromatic rings. The van der Waals surface area contributed by atoms with E-state index in [1.54, 1.807) is 6.92 Å². The molecule has 26 heavy (non-hydrogen) atoms. The first-order chi connectivity index (χ1) is 12.5. The third-order valence-electron chi connectivity index (χ3n) is 4.21. The Morgan fingerprint density at radius 2 is 1.54 bits per heavy atom. The Labute approximate surface area is 153 Å². The number of hydrogen-bond donors (Lipinski definition) is 1. The molecule has 3 aromatic carbocycles. The van der Waals surface area contributed by atoms with E-state index in [0.29, 0.717) is 5.75 Å². The molecular weight excluding hydrogens is 326 g/mol. The second-order valence-corrected chi connectivity index (χ2v) is 6.39. The summed E-state index contributed by atoms with van der Waals surface area (Å²) < 4.78 is 11.7. The highest BCUT2D eigenvalue weighted by Crippen LogP contribution is 2.29. The molecule has 3 rings (SSSR count). The maximum Gasteiger partial charge on any atom is 0.323 e. The van der Waals surface area contributed by atoms with Gasteiger partial charge in [0.05, 0.1) is 0 Å². The van der Waals surface area contributed by atoms with Crippen molar-refractivity contribution < 1.29 is 14.3 Å². The zero-order valence-corrected chi connectivity index (χ0v) is 15.0. The van der Waals surface area contributed by atoms with E-state index in [4.69, 9.17) is 15.2 Å². The third-order valence-corrected chi connectivity index (χ3v) is 4.21. The summed E-state index contributed by atoms with van der Waals surface area (Å²) in [4.78, 5) is 12.0. The molecule has 0 unspecified atom stereocenters. The van der Waals surface area contributed by atoms with Crippen LogP contribution in [0.25, 0.3) is 10.8 Å². The lowest BCUT2D eigenvalue weighted by Gasteiger charge is -2.26. The van der Waals surface area contributed by atoms with Gasteiger partial charge in [-0.25, -0.2) is 0 Å². The number of rotatable bonds is 6. The van der Waals surface area contributed by atoms with Crippen LogP contribution in [0.15, 0.2) is 72.8 Å². The lowest BCUT2D eigenvalue weighted by atomic mass is 10.0. The number of nitrogens with two attached hydrogens (primary N) is 1. The molecule has 0 aliphatic carbocycles. The quantitative estimate of drug-likeness (QED) is 0.676. The van der Waals surface area contributed by atoms with Crippen LogP contribution in [-0.4, -0.2) is 18.1 Å². The van der Waals surface area contributed by atoms with E-state index in [0.717, 1.165) is 16.3 Å². The Hall–Kier alpha value is -2.85. The predicted octanol–water partition coefficient (Wildman–Crippen LogP) is 4.24. The van der Waals surface area contributed by atoms with Crippen molar-refractivity contribution in [1.29, 1.82) is 0 Å². The van der Waals surface area contributed by atoms with Crippen LogP contribution >= 0.6 is 0 Å². The smallest absolute Gasteiger partial charge is 0.323 e. The van der Waals surface area contributed by atoms with Crippen LogP contribution in [0.3, 0.4) is 0 Å². The lowest BCUT2D eigenvalue weighted by molar-refractivity contribution is -0.154. The van der Waals surface area contributed by atoms with E-state index < -0.39 is 24.2 Å². The zero-order chi connectivity index (χ0) is 18.5. The maximum absolute atomic E-state index is 12.0. The third kappa shape index (κ3) is 4.21. The van der Waals surface area contributed by atoms with E-state index in [1.807, 2.05) is 61.5 Å². The summed E-state index contributed by atoms with van der Waals surface area (Å²) in [6.07, 6.45) is -0.931. The standard InChI is InChI=1S/C22H23NO3/c1-15(23)22(24)25-16(2)21(26-20-10-4-3-5-11-20)19-13-12-17-8-6-7-9-18(17)14-19/h3-16,21H,23H2,1-2H3/t15-,16-,21-/m0/s1. The summed E-state index contributed by atoms with van der Waals surface area (Å²) in [7, 11) is 0. The number of ether oxygens (including phenoxy) is 2. The van der Waals surface area contributed by atoms with Crippen molar-refractivity contribution in [2.45, 2.75) is 32.1 Å². The van der Waals surface area contributed by atoms with E-state index >= 15 is 0 Å². The van der Waals surface area contributed by atoms with Gasteiger partial charge in [-0.2, -0.15) is 0 Å². The number of benzene rings is 3. The van der Waals surface area contributed by atoms with Crippen molar-refractivity contribution in [3.63, 3.8) is 0 Å². The maximum atomic E-state index is 12.0. The fourth-order valence-corrected chi connectivity index (χ4v) is 2.82. The number of esters is 1. The summed E-state index contributed by atoms with van der Waals surface area (Å²) >= 11 is 0. The summed E-state index contributed by atoms with van der Waals surface area (Å²) in [5.41, 5.74) is 6.58. The summed E-state index contributed by atoms with van der Waals surface area (Å²) in [6, 6.07) is 23.1. The minimum Gasteiger partial charge on any atom is -0.482 e. The highest BCUT2D eigenvalue weighted by Gasteiger charge is 2.26. The van der Waals surface area contributed by atoms with Crippen LogP contribution in [0.2, 0.25) is 0 Å². The van der Waals surface area contributed by atoms with E-state index in [2.05, 4.69) is 18.2 Å². The van der Waals surface area contributed by atoms with Gasteiger partial charge in [-0.15, -0.1) is 0 Å². The fraction of sp³-hybridized carbons (Fsp3) is 0.227. The monoisotopic (exact) mass is 349 g/mol. The van der Waals surface area contributed by atoms with Gasteiger partial charge >= 0.3 is 5.97 Å². The molecule has 0 heterocycles. The molecule has 4 nitrogen and oxygen atoms in total. The largest absolute Gasteiger partial charge is 0.482 e. The van der Waals surface area contributed by atoms with Gasteiger partial charge in [-0.1, -0.05) is 54.6 Å². The van der Waals surface area contributed by atoms with Gasteiger partial charge in [0.25, 0.3) is 0 Å². The van der Waals surface area contributed by atoms with E-state index in [1.165, 1.54) is 0 Å². The van der Waals surface area contributed by atoms with Crippen molar-refractivity contribution >= 4 is 16.7 Å². The van der Waals surface area contributed by atoms with Crippen molar-refractivity contribution in [3.05, 3.63) is 78.4 Å². The van der Waals surface area contributed by atoms with Crippen LogP contribution in [0, 0.1) is 0 Å². The lowest BCUT2D eigenvalue weighted by Crippen LogP contribution is -2.34. The van der Waals surface area contributed by atoms with Crippen molar-refractivity contribution in [2.24, 2.45) is 5.73 Å². The first kappa shape index (κ1) is 18.0. The normalized spacial score (nSPS) is 14.4. The Bertz CT molecular complexity index is 877. The fourth-order valence-electron chi connectivity index (χ4n) is 2.82. The molecule has 2 N–H and O–H groups in total. The number of carbonyl (C=O) groups excluding carboxylic acids is 1. The molecular formula is C22H23NO3. The Kier molecular flexibility index (Phi) is 5.54. The minimum atomic E-state index is -0.675. The van der Waals surface area contributed by atoms with Gasteiger partial charge in [0, 0.05) is 0 Å². The first-order valence-corrected chi connectivity index (χ1v) is 8.71. The predicted molar refractivity (Wildman–Crippen MR) is 103 cm³/mol. The Balaban J connectivity index is 1.93. The molecule has 0 aromatic heterocycles. The average molecular weight is 349 g/mol. The van der Waals surface area contributed by atoms with Crippen LogP contribution in [-0.2, 0) is 9.53 Å². The number of hydrogen-bond acceptors (Lipinski definition) is 4. The second-order valence-electron chi connectivity index (χ2n) is 6.39. The molecule has 0 saturated carbocycles. The first-order valence-electron chi connectivity index (χ1n) is 8.71.